The van der Waals surface area contributed by atoms with Crippen LogP contribution in [0.5, 0.6) is 0 Å². The molecule has 1 N–H and O–H groups in total. The number of rotatable bonds is 0. The van der Waals surface area contributed by atoms with E-state index in [1.807, 2.05) is 39.0 Å². The topological polar surface area (TPSA) is 41.6 Å². The Morgan fingerprint density at radius 2 is 2.17 bits per heavy atom. The summed E-state index contributed by atoms with van der Waals surface area (Å²) in [6.07, 6.45) is 0.527. The number of nitrogens with zero attached hydrogens (tertiary/aromatic N) is 1. The highest BCUT2D eigenvalue weighted by Crippen LogP contribution is 2.27. The van der Waals surface area contributed by atoms with E-state index < -0.39 is 5.60 Å². The lowest BCUT2D eigenvalue weighted by Gasteiger charge is -2.32. The standard InChI is InChI=1S/C13H17BrN2O2/c1-13(2,3)18-12(17)16-11-5-4-10(14)8-9(11)6-7-15-16/h4-5,8,15H,6-7H2,1-3H3. The molecule has 0 bridgehead atoms. The van der Waals surface area contributed by atoms with Crippen LogP contribution in [0.3, 0.4) is 0 Å². The fraction of sp³-hybridized carbons (Fsp3) is 0.462. The van der Waals surface area contributed by atoms with Crippen molar-refractivity contribution in [2.24, 2.45) is 0 Å². The van der Waals surface area contributed by atoms with Crippen molar-refractivity contribution in [3.63, 3.8) is 0 Å². The van der Waals surface area contributed by atoms with E-state index in [2.05, 4.69) is 21.4 Å². The van der Waals surface area contributed by atoms with Gasteiger partial charge in [-0.2, -0.15) is 0 Å². The minimum absolute atomic E-state index is 0.370. The third-order valence-corrected chi connectivity index (χ3v) is 3.02. The minimum Gasteiger partial charge on any atom is -0.442 e. The number of ether oxygens (including phenoxy) is 1. The van der Waals surface area contributed by atoms with Crippen molar-refractivity contribution in [1.29, 1.82) is 0 Å². The Morgan fingerprint density at radius 3 is 2.83 bits per heavy atom. The number of carbonyl (C=O) groups excluding carboxylic acids is 1. The third-order valence-electron chi connectivity index (χ3n) is 2.52. The van der Waals surface area contributed by atoms with Gasteiger partial charge in [0.15, 0.2) is 0 Å². The van der Waals surface area contributed by atoms with Gasteiger partial charge in [-0.1, -0.05) is 15.9 Å². The van der Waals surface area contributed by atoms with E-state index in [1.54, 1.807) is 0 Å². The van der Waals surface area contributed by atoms with E-state index in [9.17, 15) is 4.79 Å². The molecular weight excluding hydrogens is 296 g/mol. The van der Waals surface area contributed by atoms with Crippen LogP contribution in [0.1, 0.15) is 26.3 Å². The van der Waals surface area contributed by atoms with E-state index >= 15 is 0 Å². The molecule has 0 aliphatic carbocycles. The molecule has 18 heavy (non-hydrogen) atoms. The van der Waals surface area contributed by atoms with Crippen molar-refractivity contribution in [2.45, 2.75) is 32.8 Å². The van der Waals surface area contributed by atoms with Gasteiger partial charge in [0.05, 0.1) is 5.69 Å². The maximum atomic E-state index is 12.1. The zero-order valence-electron chi connectivity index (χ0n) is 10.8. The number of fused-ring (bicyclic) bond motifs is 1. The smallest absolute Gasteiger partial charge is 0.429 e. The van der Waals surface area contributed by atoms with Gasteiger partial charge in [-0.3, -0.25) is 0 Å². The van der Waals surface area contributed by atoms with E-state index in [1.165, 1.54) is 5.01 Å². The van der Waals surface area contributed by atoms with Crippen molar-refractivity contribution < 1.29 is 9.53 Å². The van der Waals surface area contributed by atoms with Gasteiger partial charge >= 0.3 is 6.09 Å². The molecule has 0 unspecified atom stereocenters. The summed E-state index contributed by atoms with van der Waals surface area (Å²) in [4.78, 5) is 12.1. The van der Waals surface area contributed by atoms with Crippen LogP contribution in [-0.2, 0) is 11.2 Å². The first-order chi connectivity index (χ1) is 8.37. The van der Waals surface area contributed by atoms with E-state index in [0.29, 0.717) is 0 Å². The molecule has 0 radical (unpaired) electrons. The molecule has 0 aromatic heterocycles. The lowest BCUT2D eigenvalue weighted by atomic mass is 10.1. The minimum atomic E-state index is -0.494. The van der Waals surface area contributed by atoms with E-state index in [0.717, 1.165) is 28.7 Å². The lowest BCUT2D eigenvalue weighted by molar-refractivity contribution is 0.0559. The predicted molar refractivity (Wildman–Crippen MR) is 74.6 cm³/mol. The van der Waals surface area contributed by atoms with Crippen molar-refractivity contribution in [3.8, 4) is 0 Å². The average Bonchev–Trinajstić information content (AvgIpc) is 2.25. The SMILES string of the molecule is CC(C)(C)OC(=O)N1NCCc2cc(Br)ccc21. The summed E-state index contributed by atoms with van der Waals surface area (Å²) in [7, 11) is 0. The third kappa shape index (κ3) is 3.03. The fourth-order valence-corrected chi connectivity index (χ4v) is 2.24. The normalized spacial score (nSPS) is 15.2. The highest BCUT2D eigenvalue weighted by Gasteiger charge is 2.27. The van der Waals surface area contributed by atoms with Crippen LogP contribution in [-0.4, -0.2) is 18.2 Å². The van der Waals surface area contributed by atoms with Crippen LogP contribution in [0.2, 0.25) is 0 Å². The Labute approximate surface area is 115 Å². The Morgan fingerprint density at radius 1 is 1.44 bits per heavy atom. The van der Waals surface area contributed by atoms with Crippen LogP contribution in [0, 0.1) is 0 Å². The summed E-state index contributed by atoms with van der Waals surface area (Å²) in [6.45, 7) is 6.30. The average molecular weight is 313 g/mol. The van der Waals surface area contributed by atoms with Crippen LogP contribution in [0.4, 0.5) is 10.5 Å². The number of hydrogen-bond donors (Lipinski definition) is 1. The van der Waals surface area contributed by atoms with Gasteiger partial charge < -0.3 is 4.74 Å². The van der Waals surface area contributed by atoms with Crippen LogP contribution >= 0.6 is 15.9 Å². The number of nitrogens with one attached hydrogen (secondary N) is 1. The molecule has 1 aliphatic rings. The number of halogens is 1. The van der Waals surface area contributed by atoms with E-state index in [-0.39, 0.29) is 6.09 Å². The van der Waals surface area contributed by atoms with Gasteiger partial charge in [-0.25, -0.2) is 15.2 Å². The number of carbonyl (C=O) groups is 1. The highest BCUT2D eigenvalue weighted by atomic mass is 79.9. The second-order valence-electron chi connectivity index (χ2n) is 5.25. The second kappa shape index (κ2) is 4.90. The summed E-state index contributed by atoms with van der Waals surface area (Å²) in [5.74, 6) is 0. The van der Waals surface area contributed by atoms with Gasteiger partial charge in [0.1, 0.15) is 5.60 Å². The van der Waals surface area contributed by atoms with Crippen molar-refractivity contribution in [3.05, 3.63) is 28.2 Å². The van der Waals surface area contributed by atoms with Gasteiger partial charge in [0.2, 0.25) is 0 Å². The van der Waals surface area contributed by atoms with Crippen molar-refractivity contribution in [2.75, 3.05) is 11.6 Å². The van der Waals surface area contributed by atoms with Gasteiger partial charge in [0, 0.05) is 11.0 Å². The van der Waals surface area contributed by atoms with Crippen LogP contribution in [0.15, 0.2) is 22.7 Å². The van der Waals surface area contributed by atoms with Gasteiger partial charge in [0.25, 0.3) is 0 Å². The maximum Gasteiger partial charge on any atom is 0.429 e. The number of hydrogen-bond acceptors (Lipinski definition) is 3. The van der Waals surface area contributed by atoms with Crippen LogP contribution < -0.4 is 10.4 Å². The predicted octanol–water partition coefficient (Wildman–Crippen LogP) is 3.25. The quantitative estimate of drug-likeness (QED) is 0.799. The Bertz CT molecular complexity index is 469. The first-order valence-electron chi connectivity index (χ1n) is 5.92. The molecule has 0 atom stereocenters. The van der Waals surface area contributed by atoms with Crippen LogP contribution in [0.25, 0.3) is 0 Å². The molecule has 1 heterocycles. The summed E-state index contributed by atoms with van der Waals surface area (Å²) < 4.78 is 6.40. The Kier molecular flexibility index (Phi) is 3.64. The molecular formula is C13H17BrN2O2. The second-order valence-corrected chi connectivity index (χ2v) is 6.16. The van der Waals surface area contributed by atoms with Gasteiger partial charge in [-0.15, -0.1) is 0 Å². The number of amides is 1. The molecule has 0 saturated carbocycles. The lowest BCUT2D eigenvalue weighted by Crippen LogP contribution is -2.49. The summed E-state index contributed by atoms with van der Waals surface area (Å²) >= 11 is 3.44. The molecule has 0 fully saturated rings. The largest absolute Gasteiger partial charge is 0.442 e. The molecule has 2 rings (SSSR count). The molecule has 0 spiro atoms. The van der Waals surface area contributed by atoms with Gasteiger partial charge in [-0.05, 0) is 51.0 Å². The molecule has 1 aromatic rings. The summed E-state index contributed by atoms with van der Waals surface area (Å²) in [6, 6.07) is 5.87. The molecule has 4 nitrogen and oxygen atoms in total. The highest BCUT2D eigenvalue weighted by molar-refractivity contribution is 9.10. The first-order valence-corrected chi connectivity index (χ1v) is 6.71. The molecule has 1 aliphatic heterocycles. The van der Waals surface area contributed by atoms with Crippen molar-refractivity contribution >= 4 is 27.7 Å². The summed E-state index contributed by atoms with van der Waals surface area (Å²) in [5.41, 5.74) is 4.56. The maximum absolute atomic E-state index is 12.1. The van der Waals surface area contributed by atoms with E-state index in [4.69, 9.17) is 4.74 Å². The summed E-state index contributed by atoms with van der Waals surface area (Å²) in [5, 5.41) is 1.48. The molecule has 1 amide bonds. The Hall–Kier alpha value is -1.07. The zero-order chi connectivity index (χ0) is 13.3. The monoisotopic (exact) mass is 312 g/mol. The molecule has 5 heteroatoms. The zero-order valence-corrected chi connectivity index (χ0v) is 12.4. The fourth-order valence-electron chi connectivity index (χ4n) is 1.83. The molecule has 98 valence electrons. The molecule has 1 aromatic carbocycles. The number of anilines is 1. The Balaban J connectivity index is 2.25. The first kappa shape index (κ1) is 13.4. The number of hydrazine groups is 1. The van der Waals surface area contributed by atoms with Crippen molar-refractivity contribution in [1.82, 2.24) is 5.43 Å². The molecule has 0 saturated heterocycles. The number of benzene rings is 1.